The van der Waals surface area contributed by atoms with E-state index >= 15 is 0 Å². The molecule has 2 heterocycles. The van der Waals surface area contributed by atoms with Crippen molar-refractivity contribution in [1.29, 1.82) is 0 Å². The van der Waals surface area contributed by atoms with Gasteiger partial charge in [-0.05, 0) is 66.1 Å². The normalized spacial score (nSPS) is 17.8. The SMILES string of the molecule is Brc1ccc2oc3c(-c4nc(C5=CC(C6C=CC=CC6)CC=C5)nc(-c5cccc(-c6ccccc6)c5)n4)cccc3c2c1. The molecule has 0 radical (unpaired) electrons. The summed E-state index contributed by atoms with van der Waals surface area (Å²) in [6.07, 6.45) is 17.7. The van der Waals surface area contributed by atoms with E-state index in [2.05, 4.69) is 119 Å². The lowest BCUT2D eigenvalue weighted by atomic mass is 9.81. The van der Waals surface area contributed by atoms with Gasteiger partial charge in [0.15, 0.2) is 17.5 Å². The zero-order valence-electron chi connectivity index (χ0n) is 23.9. The first-order valence-electron chi connectivity index (χ1n) is 14.9. The molecular formula is C39H28BrN3O. The molecule has 8 rings (SSSR count). The van der Waals surface area contributed by atoms with Gasteiger partial charge in [-0.3, -0.25) is 0 Å². The second kappa shape index (κ2) is 11.3. The zero-order valence-corrected chi connectivity index (χ0v) is 25.5. The lowest BCUT2D eigenvalue weighted by Crippen LogP contribution is -2.13. The van der Waals surface area contributed by atoms with Gasteiger partial charge < -0.3 is 4.42 Å². The summed E-state index contributed by atoms with van der Waals surface area (Å²) in [6.45, 7) is 0. The summed E-state index contributed by atoms with van der Waals surface area (Å²) in [5, 5.41) is 2.08. The third-order valence-electron chi connectivity index (χ3n) is 8.48. The van der Waals surface area contributed by atoms with Crippen LogP contribution in [0.3, 0.4) is 0 Å². The Morgan fingerprint density at radius 1 is 0.636 bits per heavy atom. The number of para-hydroxylation sites is 1. The lowest BCUT2D eigenvalue weighted by Gasteiger charge is -2.24. The second-order valence-electron chi connectivity index (χ2n) is 11.3. The summed E-state index contributed by atoms with van der Waals surface area (Å²) in [4.78, 5) is 15.3. The maximum absolute atomic E-state index is 6.43. The van der Waals surface area contributed by atoms with Gasteiger partial charge in [-0.25, -0.2) is 15.0 Å². The predicted octanol–water partition coefficient (Wildman–Crippen LogP) is 10.6. The molecule has 4 aromatic carbocycles. The number of fused-ring (bicyclic) bond motifs is 3. The minimum absolute atomic E-state index is 0.388. The van der Waals surface area contributed by atoms with Crippen molar-refractivity contribution in [1.82, 2.24) is 15.0 Å². The van der Waals surface area contributed by atoms with Gasteiger partial charge in [0, 0.05) is 26.4 Å². The molecular weight excluding hydrogens is 606 g/mol. The van der Waals surface area contributed by atoms with E-state index < -0.39 is 0 Å². The molecule has 0 fully saturated rings. The van der Waals surface area contributed by atoms with Gasteiger partial charge in [0.2, 0.25) is 0 Å². The Hall–Kier alpha value is -4.87. The minimum Gasteiger partial charge on any atom is -0.455 e. The fourth-order valence-electron chi connectivity index (χ4n) is 6.24. The van der Waals surface area contributed by atoms with Crippen LogP contribution in [-0.2, 0) is 0 Å². The Balaban J connectivity index is 1.31. The Morgan fingerprint density at radius 2 is 1.43 bits per heavy atom. The molecule has 2 aromatic heterocycles. The van der Waals surface area contributed by atoms with Crippen molar-refractivity contribution in [3.8, 4) is 33.9 Å². The van der Waals surface area contributed by atoms with E-state index in [1.165, 1.54) is 0 Å². The monoisotopic (exact) mass is 633 g/mol. The fraction of sp³-hybridized carbons (Fsp3) is 0.103. The maximum atomic E-state index is 6.43. The standard InChI is InChI=1S/C39H28BrN3O/c40-31-20-21-35-34(24-31)32-18-9-19-33(36(32)44-35)39-42-37(29-16-7-14-27(22-29)25-10-3-1-4-11-25)41-38(43-39)30-17-8-15-28(23-30)26-12-5-2-6-13-26/h1-12,14,16-24,26,28H,13,15H2. The molecule has 2 aliphatic rings. The quantitative estimate of drug-likeness (QED) is 0.189. The van der Waals surface area contributed by atoms with E-state index in [1.807, 2.05) is 30.3 Å². The van der Waals surface area contributed by atoms with E-state index in [4.69, 9.17) is 19.4 Å². The van der Waals surface area contributed by atoms with Crippen LogP contribution in [0.15, 0.2) is 142 Å². The van der Waals surface area contributed by atoms with Gasteiger partial charge in [0.25, 0.3) is 0 Å². The van der Waals surface area contributed by atoms with Crippen LogP contribution in [0.5, 0.6) is 0 Å². The van der Waals surface area contributed by atoms with Crippen LogP contribution in [0.4, 0.5) is 0 Å². The molecule has 6 aromatic rings. The van der Waals surface area contributed by atoms with Crippen molar-refractivity contribution in [3.63, 3.8) is 0 Å². The summed E-state index contributed by atoms with van der Waals surface area (Å²) in [6, 6.07) is 31.1. The largest absolute Gasteiger partial charge is 0.455 e. The summed E-state index contributed by atoms with van der Waals surface area (Å²) >= 11 is 3.62. The Kier molecular flexibility index (Phi) is 6.88. The van der Waals surface area contributed by atoms with Crippen molar-refractivity contribution >= 4 is 43.4 Å². The van der Waals surface area contributed by atoms with E-state index in [0.717, 1.165) is 67.1 Å². The second-order valence-corrected chi connectivity index (χ2v) is 12.2. The number of rotatable bonds is 5. The summed E-state index contributed by atoms with van der Waals surface area (Å²) in [5.41, 5.74) is 6.67. The summed E-state index contributed by atoms with van der Waals surface area (Å²) in [5.74, 6) is 2.75. The number of allylic oxidation sites excluding steroid dienone is 8. The van der Waals surface area contributed by atoms with Gasteiger partial charge in [-0.2, -0.15) is 0 Å². The molecule has 0 spiro atoms. The molecule has 0 saturated carbocycles. The number of halogens is 1. The van der Waals surface area contributed by atoms with Crippen molar-refractivity contribution in [2.75, 3.05) is 0 Å². The number of furan rings is 1. The van der Waals surface area contributed by atoms with E-state index in [0.29, 0.717) is 29.3 Å². The molecule has 5 heteroatoms. The highest BCUT2D eigenvalue weighted by atomic mass is 79.9. The van der Waals surface area contributed by atoms with Crippen LogP contribution in [0.1, 0.15) is 18.7 Å². The van der Waals surface area contributed by atoms with Crippen molar-refractivity contribution < 1.29 is 4.42 Å². The van der Waals surface area contributed by atoms with Gasteiger partial charge >= 0.3 is 0 Å². The van der Waals surface area contributed by atoms with E-state index in [-0.39, 0.29) is 0 Å². The van der Waals surface area contributed by atoms with Gasteiger partial charge in [0.1, 0.15) is 11.2 Å². The van der Waals surface area contributed by atoms with Crippen LogP contribution >= 0.6 is 15.9 Å². The number of hydrogen-bond acceptors (Lipinski definition) is 4. The molecule has 0 N–H and O–H groups in total. The van der Waals surface area contributed by atoms with Gasteiger partial charge in [-0.15, -0.1) is 0 Å². The highest BCUT2D eigenvalue weighted by Gasteiger charge is 2.22. The summed E-state index contributed by atoms with van der Waals surface area (Å²) < 4.78 is 7.44. The van der Waals surface area contributed by atoms with Crippen molar-refractivity contribution in [3.05, 3.63) is 144 Å². The molecule has 2 aliphatic carbocycles. The average Bonchev–Trinajstić information content (AvgIpc) is 3.47. The maximum Gasteiger partial charge on any atom is 0.167 e. The Labute approximate surface area is 264 Å². The number of hydrogen-bond donors (Lipinski definition) is 0. The molecule has 2 unspecified atom stereocenters. The predicted molar refractivity (Wildman–Crippen MR) is 183 cm³/mol. The topological polar surface area (TPSA) is 51.8 Å². The van der Waals surface area contributed by atoms with Crippen molar-refractivity contribution in [2.24, 2.45) is 11.8 Å². The van der Waals surface area contributed by atoms with Crippen LogP contribution in [0.2, 0.25) is 0 Å². The average molecular weight is 635 g/mol. The first kappa shape index (κ1) is 26.7. The minimum atomic E-state index is 0.388. The molecule has 4 nitrogen and oxygen atoms in total. The molecule has 0 saturated heterocycles. The fourth-order valence-corrected chi connectivity index (χ4v) is 6.60. The highest BCUT2D eigenvalue weighted by molar-refractivity contribution is 9.10. The van der Waals surface area contributed by atoms with Crippen LogP contribution in [0, 0.1) is 11.8 Å². The Bertz CT molecular complexity index is 2160. The van der Waals surface area contributed by atoms with E-state index in [1.54, 1.807) is 0 Å². The molecule has 44 heavy (non-hydrogen) atoms. The first-order valence-corrected chi connectivity index (χ1v) is 15.7. The smallest absolute Gasteiger partial charge is 0.167 e. The molecule has 212 valence electrons. The van der Waals surface area contributed by atoms with Crippen LogP contribution in [0.25, 0.3) is 61.4 Å². The molecule has 0 amide bonds. The van der Waals surface area contributed by atoms with Gasteiger partial charge in [-0.1, -0.05) is 119 Å². The molecule has 2 atom stereocenters. The van der Waals surface area contributed by atoms with Crippen LogP contribution < -0.4 is 0 Å². The number of benzene rings is 4. The lowest BCUT2D eigenvalue weighted by molar-refractivity contribution is 0.479. The number of aromatic nitrogens is 3. The third kappa shape index (κ3) is 5.03. The molecule has 0 bridgehead atoms. The summed E-state index contributed by atoms with van der Waals surface area (Å²) in [7, 11) is 0. The zero-order chi connectivity index (χ0) is 29.5. The first-order chi connectivity index (χ1) is 21.7. The third-order valence-corrected chi connectivity index (χ3v) is 8.98. The number of nitrogens with zero attached hydrogens (tertiary/aromatic N) is 3. The van der Waals surface area contributed by atoms with Crippen molar-refractivity contribution in [2.45, 2.75) is 12.8 Å². The van der Waals surface area contributed by atoms with Crippen LogP contribution in [-0.4, -0.2) is 15.0 Å². The Morgan fingerprint density at radius 3 is 2.32 bits per heavy atom. The molecule has 0 aliphatic heterocycles. The highest BCUT2D eigenvalue weighted by Crippen LogP contribution is 2.38. The van der Waals surface area contributed by atoms with E-state index in [9.17, 15) is 0 Å². The van der Waals surface area contributed by atoms with Gasteiger partial charge in [0.05, 0.1) is 5.56 Å².